The van der Waals surface area contributed by atoms with E-state index in [-0.39, 0.29) is 0 Å². The first kappa shape index (κ1) is 23.6. The molecule has 6 heteroatoms. The summed E-state index contributed by atoms with van der Waals surface area (Å²) in [5, 5.41) is 60.9. The normalized spacial score (nSPS) is 16.7. The molecule has 162 valence electrons. The van der Waals surface area contributed by atoms with Crippen LogP contribution in [0, 0.1) is 0 Å². The van der Waals surface area contributed by atoms with Gasteiger partial charge in [0.05, 0.1) is 0 Å². The van der Waals surface area contributed by atoms with Gasteiger partial charge in [0.15, 0.2) is 0 Å². The van der Waals surface area contributed by atoms with Gasteiger partial charge in [-0.1, -0.05) is 62.4 Å². The molecular weight excluding hydrogens is 384 g/mol. The number of hydrogen-bond donors (Lipinski definition) is 6. The summed E-state index contributed by atoms with van der Waals surface area (Å²) in [6.07, 6.45) is -3.31. The zero-order chi connectivity index (χ0) is 22.3. The minimum absolute atomic E-state index is 0.573. The Balaban J connectivity index is 2.08. The molecule has 0 aliphatic rings. The third kappa shape index (κ3) is 6.18. The molecule has 0 fully saturated rings. The molecular formula is C24H30O6. The molecule has 0 spiro atoms. The summed E-state index contributed by atoms with van der Waals surface area (Å²) in [6.45, 7) is 4.03. The molecule has 4 atom stereocenters. The molecule has 0 radical (unpaired) electrons. The molecule has 2 rings (SSSR count). The Morgan fingerprint density at radius 2 is 0.933 bits per heavy atom. The molecule has 30 heavy (non-hydrogen) atoms. The van der Waals surface area contributed by atoms with Crippen molar-refractivity contribution in [3.8, 4) is 0 Å². The van der Waals surface area contributed by atoms with E-state index in [0.717, 1.165) is 24.0 Å². The number of aliphatic hydroxyl groups is 6. The Morgan fingerprint density at radius 1 is 0.633 bits per heavy atom. The summed E-state index contributed by atoms with van der Waals surface area (Å²) in [5.41, 5.74) is 3.42. The van der Waals surface area contributed by atoms with Gasteiger partial charge < -0.3 is 30.6 Å². The average molecular weight is 414 g/mol. The van der Waals surface area contributed by atoms with Crippen LogP contribution in [0.4, 0.5) is 0 Å². The van der Waals surface area contributed by atoms with Gasteiger partial charge in [0.1, 0.15) is 35.9 Å². The first-order valence-electron chi connectivity index (χ1n) is 9.98. The quantitative estimate of drug-likeness (QED) is 0.351. The third-order valence-electron chi connectivity index (χ3n) is 5.01. The molecule has 6 N–H and O–H groups in total. The van der Waals surface area contributed by atoms with E-state index in [4.69, 9.17) is 0 Å². The molecule has 0 aliphatic heterocycles. The smallest absolute Gasteiger partial charge is 0.139 e. The molecule has 0 aliphatic carbocycles. The maximum atomic E-state index is 10.2. The van der Waals surface area contributed by atoms with E-state index in [0.29, 0.717) is 11.1 Å². The Bertz CT molecular complexity index is 781. The van der Waals surface area contributed by atoms with E-state index in [1.807, 2.05) is 38.1 Å². The molecule has 2 aromatic carbocycles. The SMILES string of the molecule is CCc1ccc(C=C(O)[C@@H](O)[C@@H](O)[C@H](O)[C@@H](O)C(O)=Cc2ccc(CC)cc2)cc1. The fraction of sp³-hybridized carbons (Fsp3) is 0.333. The first-order chi connectivity index (χ1) is 14.3. The van der Waals surface area contributed by atoms with Gasteiger partial charge in [-0.05, 0) is 47.2 Å². The second kappa shape index (κ2) is 10.9. The van der Waals surface area contributed by atoms with Crippen molar-refractivity contribution in [1.82, 2.24) is 0 Å². The summed E-state index contributed by atoms with van der Waals surface area (Å²) in [7, 11) is 0. The molecule has 0 aromatic heterocycles. The van der Waals surface area contributed by atoms with Gasteiger partial charge in [0.2, 0.25) is 0 Å². The van der Waals surface area contributed by atoms with Crippen molar-refractivity contribution >= 4 is 12.2 Å². The van der Waals surface area contributed by atoms with Crippen LogP contribution in [0.5, 0.6) is 0 Å². The Hall–Kier alpha value is -2.64. The van der Waals surface area contributed by atoms with Gasteiger partial charge in [0.25, 0.3) is 0 Å². The molecule has 0 unspecified atom stereocenters. The minimum atomic E-state index is -1.93. The van der Waals surface area contributed by atoms with Gasteiger partial charge in [0, 0.05) is 0 Å². The number of aryl methyl sites for hydroxylation is 2. The predicted molar refractivity (Wildman–Crippen MR) is 117 cm³/mol. The number of aliphatic hydroxyl groups excluding tert-OH is 6. The minimum Gasteiger partial charge on any atom is -0.509 e. The van der Waals surface area contributed by atoms with E-state index in [2.05, 4.69) is 0 Å². The zero-order valence-electron chi connectivity index (χ0n) is 17.2. The summed E-state index contributed by atoms with van der Waals surface area (Å²) in [4.78, 5) is 0. The molecule has 0 amide bonds. The van der Waals surface area contributed by atoms with E-state index < -0.39 is 35.9 Å². The lowest BCUT2D eigenvalue weighted by molar-refractivity contribution is -0.0996. The molecule has 6 nitrogen and oxygen atoms in total. The summed E-state index contributed by atoms with van der Waals surface area (Å²) < 4.78 is 0. The first-order valence-corrected chi connectivity index (χ1v) is 9.98. The van der Waals surface area contributed by atoms with Crippen molar-refractivity contribution in [3.63, 3.8) is 0 Å². The zero-order valence-corrected chi connectivity index (χ0v) is 17.2. The van der Waals surface area contributed by atoms with E-state index in [1.54, 1.807) is 24.3 Å². The topological polar surface area (TPSA) is 121 Å². The van der Waals surface area contributed by atoms with Crippen molar-refractivity contribution < 1.29 is 30.6 Å². The van der Waals surface area contributed by atoms with Crippen molar-refractivity contribution in [1.29, 1.82) is 0 Å². The van der Waals surface area contributed by atoms with Crippen LogP contribution in [0.1, 0.15) is 36.1 Å². The average Bonchev–Trinajstić information content (AvgIpc) is 2.77. The van der Waals surface area contributed by atoms with Gasteiger partial charge in [-0.25, -0.2) is 0 Å². The van der Waals surface area contributed by atoms with E-state index >= 15 is 0 Å². The number of benzene rings is 2. The molecule has 0 heterocycles. The van der Waals surface area contributed by atoms with Crippen LogP contribution in [0.25, 0.3) is 12.2 Å². The van der Waals surface area contributed by atoms with E-state index in [9.17, 15) is 30.6 Å². The van der Waals surface area contributed by atoms with Crippen molar-refractivity contribution in [2.75, 3.05) is 0 Å². The Labute approximate surface area is 176 Å². The fourth-order valence-electron chi connectivity index (χ4n) is 2.93. The second-order valence-electron chi connectivity index (χ2n) is 7.20. The summed E-state index contributed by atoms with van der Waals surface area (Å²) in [5.74, 6) is -1.15. The standard InChI is InChI=1S/C24H30O6/c1-3-15-5-9-17(10-6-15)13-19(25)21(27)23(29)24(30)22(28)20(26)14-18-11-7-16(4-2)8-12-18/h5-14,21-30H,3-4H2,1-2H3/t21-,22+,23-,24-/m1/s1. The summed E-state index contributed by atoms with van der Waals surface area (Å²) >= 11 is 0. The highest BCUT2D eigenvalue weighted by Crippen LogP contribution is 2.18. The van der Waals surface area contributed by atoms with Gasteiger partial charge in [-0.3, -0.25) is 0 Å². The van der Waals surface area contributed by atoms with Crippen molar-refractivity contribution in [2.45, 2.75) is 51.1 Å². The Morgan fingerprint density at radius 3 is 1.20 bits per heavy atom. The molecule has 0 saturated heterocycles. The highest BCUT2D eigenvalue weighted by Gasteiger charge is 2.34. The maximum absolute atomic E-state index is 10.2. The maximum Gasteiger partial charge on any atom is 0.139 e. The predicted octanol–water partition coefficient (Wildman–Crippen LogP) is 2.75. The third-order valence-corrected chi connectivity index (χ3v) is 5.01. The summed E-state index contributed by atoms with van der Waals surface area (Å²) in [6, 6.07) is 14.5. The monoisotopic (exact) mass is 414 g/mol. The van der Waals surface area contributed by atoms with E-state index in [1.165, 1.54) is 12.2 Å². The highest BCUT2D eigenvalue weighted by atomic mass is 16.4. The van der Waals surface area contributed by atoms with Gasteiger partial charge >= 0.3 is 0 Å². The van der Waals surface area contributed by atoms with Crippen molar-refractivity contribution in [3.05, 3.63) is 82.3 Å². The van der Waals surface area contributed by atoms with Gasteiger partial charge in [-0.15, -0.1) is 0 Å². The van der Waals surface area contributed by atoms with Crippen LogP contribution in [0.15, 0.2) is 60.0 Å². The van der Waals surface area contributed by atoms with Crippen LogP contribution in [-0.2, 0) is 12.8 Å². The second-order valence-corrected chi connectivity index (χ2v) is 7.20. The number of hydrogen-bond acceptors (Lipinski definition) is 6. The fourth-order valence-corrected chi connectivity index (χ4v) is 2.93. The van der Waals surface area contributed by atoms with Crippen LogP contribution in [0.2, 0.25) is 0 Å². The molecule has 0 saturated carbocycles. The van der Waals surface area contributed by atoms with Crippen molar-refractivity contribution in [2.24, 2.45) is 0 Å². The Kier molecular flexibility index (Phi) is 8.62. The lowest BCUT2D eigenvalue weighted by atomic mass is 9.98. The largest absolute Gasteiger partial charge is 0.509 e. The lowest BCUT2D eigenvalue weighted by Crippen LogP contribution is -2.45. The van der Waals surface area contributed by atoms with Crippen LogP contribution in [0.3, 0.4) is 0 Å². The molecule has 0 bridgehead atoms. The van der Waals surface area contributed by atoms with Crippen LogP contribution >= 0.6 is 0 Å². The van der Waals surface area contributed by atoms with Gasteiger partial charge in [-0.2, -0.15) is 0 Å². The lowest BCUT2D eigenvalue weighted by Gasteiger charge is -2.26. The molecule has 2 aromatic rings. The highest BCUT2D eigenvalue weighted by molar-refractivity contribution is 5.53. The van der Waals surface area contributed by atoms with Crippen LogP contribution < -0.4 is 0 Å². The number of rotatable bonds is 9. The van der Waals surface area contributed by atoms with Crippen LogP contribution in [-0.4, -0.2) is 55.1 Å².